The van der Waals surface area contributed by atoms with Gasteiger partial charge in [0, 0.05) is 18.5 Å². The fraction of sp³-hybridized carbons (Fsp3) is 0.450. The van der Waals surface area contributed by atoms with Crippen molar-refractivity contribution in [2.75, 3.05) is 31.2 Å². The molecule has 2 N–H and O–H groups in total. The number of anilines is 1. The van der Waals surface area contributed by atoms with Crippen molar-refractivity contribution in [2.45, 2.75) is 31.1 Å². The van der Waals surface area contributed by atoms with Crippen LogP contribution in [0.25, 0.3) is 0 Å². The van der Waals surface area contributed by atoms with E-state index in [4.69, 9.17) is 4.74 Å². The Balaban J connectivity index is 1.41. The van der Waals surface area contributed by atoms with Crippen molar-refractivity contribution < 1.29 is 18.7 Å². The molecule has 154 valence electrons. The molecule has 4 rings (SSSR count). The summed E-state index contributed by atoms with van der Waals surface area (Å²) in [5, 5.41) is 2.45. The zero-order valence-corrected chi connectivity index (χ0v) is 16.8. The molecular weight excluding hydrogens is 395 g/mol. The smallest absolute Gasteiger partial charge is 0.289 e. The van der Waals surface area contributed by atoms with Gasteiger partial charge < -0.3 is 9.64 Å². The lowest BCUT2D eigenvalue weighted by molar-refractivity contribution is -0.127. The predicted molar refractivity (Wildman–Crippen MR) is 107 cm³/mol. The fourth-order valence-electron chi connectivity index (χ4n) is 3.96. The Labute approximate surface area is 172 Å². The van der Waals surface area contributed by atoms with E-state index in [0.29, 0.717) is 26.1 Å². The van der Waals surface area contributed by atoms with Gasteiger partial charge in [0.15, 0.2) is 5.13 Å². The van der Waals surface area contributed by atoms with Gasteiger partial charge in [-0.05, 0) is 30.5 Å². The summed E-state index contributed by atoms with van der Waals surface area (Å²) in [5.41, 5.74) is 5.34. The Morgan fingerprint density at radius 2 is 1.79 bits per heavy atom. The van der Waals surface area contributed by atoms with E-state index >= 15 is 0 Å². The van der Waals surface area contributed by atoms with Crippen LogP contribution in [0.5, 0.6) is 0 Å². The highest BCUT2D eigenvalue weighted by atomic mass is 32.1. The number of rotatable bonds is 4. The molecule has 1 aliphatic carbocycles. The third-order valence-corrected chi connectivity index (χ3v) is 6.49. The molecule has 7 nitrogen and oxygen atoms in total. The van der Waals surface area contributed by atoms with Gasteiger partial charge in [-0.1, -0.05) is 25.0 Å². The summed E-state index contributed by atoms with van der Waals surface area (Å²) in [6, 6.07) is 6.03. The van der Waals surface area contributed by atoms with Crippen molar-refractivity contribution in [3.63, 3.8) is 0 Å². The summed E-state index contributed by atoms with van der Waals surface area (Å²) in [7, 11) is 0. The third-order valence-electron chi connectivity index (χ3n) is 5.58. The van der Waals surface area contributed by atoms with Crippen LogP contribution in [0, 0.1) is 5.82 Å². The highest BCUT2D eigenvalue weighted by molar-refractivity contribution is 7.13. The second kappa shape index (κ2) is 8.46. The Hall–Kier alpha value is -2.52. The molecule has 0 unspecified atom stereocenters. The van der Waals surface area contributed by atoms with Crippen LogP contribution >= 0.6 is 11.3 Å². The summed E-state index contributed by atoms with van der Waals surface area (Å²) in [6.45, 7) is 2.77. The minimum absolute atomic E-state index is 0.263. The van der Waals surface area contributed by atoms with Gasteiger partial charge in [-0.3, -0.25) is 20.4 Å². The van der Waals surface area contributed by atoms with Crippen LogP contribution in [0.1, 0.15) is 41.7 Å². The molecule has 1 saturated heterocycles. The lowest BCUT2D eigenvalue weighted by atomic mass is 9.78. The van der Waals surface area contributed by atoms with Crippen LogP contribution in [-0.2, 0) is 14.9 Å². The number of hydrogen-bond donors (Lipinski definition) is 2. The van der Waals surface area contributed by atoms with Gasteiger partial charge in [0.05, 0.1) is 18.6 Å². The number of hydrazine groups is 1. The molecule has 0 radical (unpaired) electrons. The average Bonchev–Trinajstić information content (AvgIpc) is 3.44. The molecule has 9 heteroatoms. The number of thiazole rings is 1. The zero-order valence-electron chi connectivity index (χ0n) is 15.9. The van der Waals surface area contributed by atoms with Gasteiger partial charge in [-0.2, -0.15) is 0 Å². The van der Waals surface area contributed by atoms with Crippen molar-refractivity contribution in [1.29, 1.82) is 0 Å². The van der Waals surface area contributed by atoms with Gasteiger partial charge >= 0.3 is 0 Å². The number of halogens is 1. The Morgan fingerprint density at radius 3 is 2.48 bits per heavy atom. The molecule has 0 atom stereocenters. The van der Waals surface area contributed by atoms with E-state index in [1.54, 1.807) is 17.5 Å². The Kier molecular flexibility index (Phi) is 5.77. The molecule has 2 heterocycles. The number of carbonyl (C=O) groups is 2. The van der Waals surface area contributed by atoms with Crippen molar-refractivity contribution in [1.82, 2.24) is 15.8 Å². The number of nitrogens with one attached hydrogen (secondary N) is 2. The third kappa shape index (κ3) is 4.11. The minimum atomic E-state index is -0.748. The van der Waals surface area contributed by atoms with Gasteiger partial charge in [-0.15, -0.1) is 11.3 Å². The fourth-order valence-corrected chi connectivity index (χ4v) is 4.82. The Morgan fingerprint density at radius 1 is 1.10 bits per heavy atom. The number of hydrogen-bond acceptors (Lipinski definition) is 6. The normalized spacial score (nSPS) is 18.4. The average molecular weight is 418 g/mol. The number of nitrogens with zero attached hydrogens (tertiary/aromatic N) is 2. The molecule has 29 heavy (non-hydrogen) atoms. The lowest BCUT2D eigenvalue weighted by Crippen LogP contribution is -2.50. The van der Waals surface area contributed by atoms with Crippen LogP contribution in [0.4, 0.5) is 9.52 Å². The molecule has 1 aromatic carbocycles. The molecule has 1 aromatic heterocycles. The standard InChI is InChI=1S/C20H23FN4O3S/c21-15-5-3-14(4-6-15)20(7-1-2-8-20)18(27)24-23-17(26)16-13-29-19(22-16)25-9-11-28-12-10-25/h3-6,13H,1-2,7-12H2,(H,23,26)(H,24,27). The molecule has 2 aliphatic rings. The molecule has 1 aliphatic heterocycles. The van der Waals surface area contributed by atoms with E-state index in [2.05, 4.69) is 20.7 Å². The number of amides is 2. The second-order valence-electron chi connectivity index (χ2n) is 7.32. The van der Waals surface area contributed by atoms with Crippen molar-refractivity contribution in [3.8, 4) is 0 Å². The zero-order chi connectivity index (χ0) is 20.3. The van der Waals surface area contributed by atoms with E-state index < -0.39 is 11.3 Å². The first-order valence-corrected chi connectivity index (χ1v) is 10.6. The largest absolute Gasteiger partial charge is 0.378 e. The molecular formula is C20H23FN4O3S. The number of carbonyl (C=O) groups excluding carboxylic acids is 2. The maximum atomic E-state index is 13.3. The quantitative estimate of drug-likeness (QED) is 0.745. The molecule has 2 fully saturated rings. The van der Waals surface area contributed by atoms with Crippen LogP contribution in [-0.4, -0.2) is 43.1 Å². The number of morpholine rings is 1. The Bertz CT molecular complexity index is 874. The first-order chi connectivity index (χ1) is 14.1. The van der Waals surface area contributed by atoms with Gasteiger partial charge in [-0.25, -0.2) is 9.37 Å². The summed E-state index contributed by atoms with van der Waals surface area (Å²) in [6.07, 6.45) is 3.15. The van der Waals surface area contributed by atoms with Gasteiger partial charge in [0.2, 0.25) is 5.91 Å². The first kappa shape index (κ1) is 19.8. The summed E-state index contributed by atoms with van der Waals surface area (Å²) in [5.74, 6) is -1.07. The van der Waals surface area contributed by atoms with E-state index in [0.717, 1.165) is 36.6 Å². The summed E-state index contributed by atoms with van der Waals surface area (Å²) >= 11 is 1.39. The van der Waals surface area contributed by atoms with E-state index in [-0.39, 0.29) is 17.4 Å². The monoisotopic (exact) mass is 418 g/mol. The van der Waals surface area contributed by atoms with Gasteiger partial charge in [0.1, 0.15) is 11.5 Å². The number of aromatic nitrogens is 1. The molecule has 0 spiro atoms. The first-order valence-electron chi connectivity index (χ1n) is 9.73. The predicted octanol–water partition coefficient (Wildman–Crippen LogP) is 2.39. The minimum Gasteiger partial charge on any atom is -0.378 e. The highest BCUT2D eigenvalue weighted by Crippen LogP contribution is 2.41. The SMILES string of the molecule is O=C(NNC(=O)C1(c2ccc(F)cc2)CCCC1)c1csc(N2CCOCC2)n1. The second-order valence-corrected chi connectivity index (χ2v) is 8.16. The number of ether oxygens (including phenoxy) is 1. The van der Waals surface area contributed by atoms with Crippen LogP contribution in [0.2, 0.25) is 0 Å². The summed E-state index contributed by atoms with van der Waals surface area (Å²) < 4.78 is 18.6. The van der Waals surface area contributed by atoms with E-state index in [1.807, 2.05) is 0 Å². The van der Waals surface area contributed by atoms with Crippen molar-refractivity contribution in [3.05, 3.63) is 46.7 Å². The highest BCUT2D eigenvalue weighted by Gasteiger charge is 2.43. The maximum Gasteiger partial charge on any atom is 0.289 e. The van der Waals surface area contributed by atoms with E-state index in [1.165, 1.54) is 23.5 Å². The van der Waals surface area contributed by atoms with Crippen molar-refractivity contribution in [2.24, 2.45) is 0 Å². The van der Waals surface area contributed by atoms with Crippen LogP contribution < -0.4 is 15.8 Å². The van der Waals surface area contributed by atoms with Crippen LogP contribution in [0.3, 0.4) is 0 Å². The molecule has 1 saturated carbocycles. The molecule has 2 amide bonds. The molecule has 0 bridgehead atoms. The lowest BCUT2D eigenvalue weighted by Gasteiger charge is -2.28. The van der Waals surface area contributed by atoms with Crippen LogP contribution in [0.15, 0.2) is 29.6 Å². The topological polar surface area (TPSA) is 83.6 Å². The van der Waals surface area contributed by atoms with Crippen molar-refractivity contribution >= 4 is 28.3 Å². The van der Waals surface area contributed by atoms with Gasteiger partial charge in [0.25, 0.3) is 5.91 Å². The molecule has 2 aromatic rings. The maximum absolute atomic E-state index is 13.3. The van der Waals surface area contributed by atoms with E-state index in [9.17, 15) is 14.0 Å². The number of benzene rings is 1. The summed E-state index contributed by atoms with van der Waals surface area (Å²) in [4.78, 5) is 31.9.